The molecule has 23 heavy (non-hydrogen) atoms. The van der Waals surface area contributed by atoms with E-state index in [9.17, 15) is 4.79 Å². The number of benzene rings is 1. The summed E-state index contributed by atoms with van der Waals surface area (Å²) < 4.78 is 0. The molecule has 1 heterocycles. The minimum absolute atomic E-state index is 0.351. The summed E-state index contributed by atoms with van der Waals surface area (Å²) >= 11 is 0. The molecule has 0 fully saturated rings. The molecule has 1 atom stereocenters. The number of aromatic nitrogens is 4. The van der Waals surface area contributed by atoms with Gasteiger partial charge in [-0.3, -0.25) is 4.79 Å². The molecule has 1 aromatic heterocycles. The molecule has 0 radical (unpaired) electrons. The fraction of sp³-hybridized carbons (Fsp3) is 0.529. The second-order valence-electron chi connectivity index (χ2n) is 6.05. The molecular weight excluding hydrogens is 292 g/mol. The van der Waals surface area contributed by atoms with E-state index in [1.807, 2.05) is 18.2 Å². The molecule has 0 aliphatic carbocycles. The van der Waals surface area contributed by atoms with Crippen LogP contribution in [-0.2, 0) is 11.2 Å². The summed E-state index contributed by atoms with van der Waals surface area (Å²) in [4.78, 5) is 11.0. The largest absolute Gasteiger partial charge is 0.481 e. The molecule has 2 aromatic rings. The van der Waals surface area contributed by atoms with Crippen molar-refractivity contribution in [2.75, 3.05) is 0 Å². The van der Waals surface area contributed by atoms with Gasteiger partial charge in [0.2, 0.25) is 0 Å². The van der Waals surface area contributed by atoms with Crippen molar-refractivity contribution >= 4 is 5.97 Å². The zero-order valence-corrected chi connectivity index (χ0v) is 14.1. The Morgan fingerprint density at radius 1 is 1.22 bits per heavy atom. The number of H-pyrrole nitrogens is 1. The van der Waals surface area contributed by atoms with Crippen molar-refractivity contribution in [3.05, 3.63) is 41.7 Å². The Balaban J connectivity index is 0.000000313. The van der Waals surface area contributed by atoms with Gasteiger partial charge in [-0.05, 0) is 19.3 Å². The molecule has 6 heteroatoms. The number of hydrogen-bond acceptors (Lipinski definition) is 4. The Labute approximate surface area is 137 Å². The van der Waals surface area contributed by atoms with Crippen LogP contribution in [0, 0.1) is 18.8 Å². The van der Waals surface area contributed by atoms with Crippen molar-refractivity contribution in [2.24, 2.45) is 11.8 Å². The number of nitrogens with one attached hydrogen (secondary N) is 1. The van der Waals surface area contributed by atoms with Crippen molar-refractivity contribution in [1.29, 1.82) is 0 Å². The summed E-state index contributed by atoms with van der Waals surface area (Å²) in [6, 6.07) is 10.3. The molecule has 0 aliphatic heterocycles. The Morgan fingerprint density at radius 2 is 1.91 bits per heavy atom. The number of aryl methyl sites for hydroxylation is 1. The van der Waals surface area contributed by atoms with Crippen LogP contribution in [0.5, 0.6) is 0 Å². The van der Waals surface area contributed by atoms with Gasteiger partial charge in [0.1, 0.15) is 0 Å². The number of carbonyl (C=O) groups is 1. The average molecular weight is 318 g/mol. The van der Waals surface area contributed by atoms with Gasteiger partial charge in [0.05, 0.1) is 5.92 Å². The maximum absolute atomic E-state index is 11.0. The number of rotatable bonds is 7. The zero-order valence-electron chi connectivity index (χ0n) is 14.1. The van der Waals surface area contributed by atoms with E-state index in [0.717, 1.165) is 12.8 Å². The third-order valence-electron chi connectivity index (χ3n) is 3.44. The first-order chi connectivity index (χ1) is 11.0. The van der Waals surface area contributed by atoms with Gasteiger partial charge in [0.25, 0.3) is 0 Å². The fourth-order valence-corrected chi connectivity index (χ4v) is 2.11. The molecule has 0 aliphatic rings. The van der Waals surface area contributed by atoms with Crippen LogP contribution in [0.15, 0.2) is 30.3 Å². The molecule has 0 saturated carbocycles. The van der Waals surface area contributed by atoms with Crippen LogP contribution in [0.25, 0.3) is 0 Å². The second kappa shape index (κ2) is 10.5. The highest BCUT2D eigenvalue weighted by Gasteiger charge is 2.19. The third-order valence-corrected chi connectivity index (χ3v) is 3.44. The molecule has 2 rings (SSSR count). The predicted molar refractivity (Wildman–Crippen MR) is 88.9 cm³/mol. The first kappa shape index (κ1) is 18.8. The molecule has 1 unspecified atom stereocenters. The van der Waals surface area contributed by atoms with E-state index < -0.39 is 11.9 Å². The zero-order chi connectivity index (χ0) is 17.1. The van der Waals surface area contributed by atoms with Crippen molar-refractivity contribution in [3.8, 4) is 0 Å². The summed E-state index contributed by atoms with van der Waals surface area (Å²) in [7, 11) is 0. The second-order valence-corrected chi connectivity index (χ2v) is 6.05. The van der Waals surface area contributed by atoms with Gasteiger partial charge in [0.15, 0.2) is 5.82 Å². The monoisotopic (exact) mass is 318 g/mol. The summed E-state index contributed by atoms with van der Waals surface area (Å²) in [5, 5.41) is 22.3. The number of aromatic amines is 1. The number of tetrazole rings is 1. The van der Waals surface area contributed by atoms with E-state index in [0.29, 0.717) is 24.6 Å². The molecule has 1 aromatic carbocycles. The Bertz CT molecular complexity index is 541. The summed E-state index contributed by atoms with van der Waals surface area (Å²) in [5.74, 6) is -0.110. The van der Waals surface area contributed by atoms with Gasteiger partial charge in [-0.1, -0.05) is 67.8 Å². The normalized spacial score (nSPS) is 11.7. The van der Waals surface area contributed by atoms with Crippen molar-refractivity contribution in [1.82, 2.24) is 20.6 Å². The highest BCUT2D eigenvalue weighted by molar-refractivity contribution is 5.70. The maximum atomic E-state index is 11.0. The molecule has 0 bridgehead atoms. The third kappa shape index (κ3) is 8.70. The maximum Gasteiger partial charge on any atom is 0.306 e. The lowest BCUT2D eigenvalue weighted by Gasteiger charge is -2.10. The molecule has 126 valence electrons. The van der Waals surface area contributed by atoms with Crippen LogP contribution < -0.4 is 0 Å². The smallest absolute Gasteiger partial charge is 0.306 e. The van der Waals surface area contributed by atoms with Crippen LogP contribution >= 0.6 is 0 Å². The number of carboxylic acid groups (broad SMARTS) is 1. The van der Waals surface area contributed by atoms with Gasteiger partial charge < -0.3 is 5.11 Å². The number of nitrogens with zero attached hydrogens (tertiary/aromatic N) is 3. The molecule has 0 spiro atoms. The van der Waals surface area contributed by atoms with Crippen LogP contribution in [-0.4, -0.2) is 31.7 Å². The van der Waals surface area contributed by atoms with Gasteiger partial charge in [-0.15, -0.1) is 10.2 Å². The average Bonchev–Trinajstić information content (AvgIpc) is 3.00. The highest BCUT2D eigenvalue weighted by atomic mass is 16.4. The van der Waals surface area contributed by atoms with E-state index in [4.69, 9.17) is 5.11 Å². The lowest BCUT2D eigenvalue weighted by Crippen LogP contribution is -2.17. The Kier molecular flexibility index (Phi) is 8.57. The van der Waals surface area contributed by atoms with Crippen LogP contribution in [0.2, 0.25) is 0 Å². The lowest BCUT2D eigenvalue weighted by molar-refractivity contribution is -0.142. The quantitative estimate of drug-likeness (QED) is 0.817. The standard InChI is InChI=1S/C10H18N4O2.C7H8/c1-7(2)4-3-5-8(10(15)16)6-9-11-13-14-12-9;1-7-5-3-2-4-6-7/h7-8H,3-6H2,1-2H3,(H,15,16)(H,11,12,13,14);2-6H,1H3. The Morgan fingerprint density at radius 3 is 2.35 bits per heavy atom. The molecule has 0 saturated heterocycles. The van der Waals surface area contributed by atoms with Crippen LogP contribution in [0.4, 0.5) is 0 Å². The van der Waals surface area contributed by atoms with Crippen LogP contribution in [0.3, 0.4) is 0 Å². The SMILES string of the molecule is CC(C)CCCC(Cc1nn[nH]n1)C(=O)O.Cc1ccccc1. The van der Waals surface area contributed by atoms with E-state index in [1.54, 1.807) is 0 Å². The predicted octanol–water partition coefficient (Wildman–Crippen LogP) is 3.26. The topological polar surface area (TPSA) is 91.8 Å². The molecular formula is C17H26N4O2. The summed E-state index contributed by atoms with van der Waals surface area (Å²) in [6.45, 7) is 6.35. The summed E-state index contributed by atoms with van der Waals surface area (Å²) in [6.07, 6.45) is 2.99. The minimum Gasteiger partial charge on any atom is -0.481 e. The van der Waals surface area contributed by atoms with Gasteiger partial charge in [0, 0.05) is 6.42 Å². The first-order valence-electron chi connectivity index (χ1n) is 7.95. The molecule has 0 amide bonds. The van der Waals surface area contributed by atoms with Gasteiger partial charge in [-0.25, -0.2) is 0 Å². The Hall–Kier alpha value is -2.24. The van der Waals surface area contributed by atoms with E-state index in [-0.39, 0.29) is 0 Å². The molecule has 2 N–H and O–H groups in total. The van der Waals surface area contributed by atoms with Gasteiger partial charge in [-0.2, -0.15) is 5.21 Å². The minimum atomic E-state index is -0.784. The van der Waals surface area contributed by atoms with Crippen molar-refractivity contribution in [2.45, 2.75) is 46.5 Å². The van der Waals surface area contributed by atoms with Crippen molar-refractivity contribution < 1.29 is 9.90 Å². The number of carboxylic acids is 1. The highest BCUT2D eigenvalue weighted by Crippen LogP contribution is 2.15. The van der Waals surface area contributed by atoms with Crippen molar-refractivity contribution in [3.63, 3.8) is 0 Å². The molecule has 6 nitrogen and oxygen atoms in total. The fourth-order valence-electron chi connectivity index (χ4n) is 2.11. The first-order valence-corrected chi connectivity index (χ1v) is 7.95. The van der Waals surface area contributed by atoms with E-state index in [1.165, 1.54) is 5.56 Å². The number of aliphatic carboxylic acids is 1. The van der Waals surface area contributed by atoms with E-state index in [2.05, 4.69) is 53.5 Å². The number of hydrogen-bond donors (Lipinski definition) is 2. The van der Waals surface area contributed by atoms with Gasteiger partial charge >= 0.3 is 5.97 Å². The summed E-state index contributed by atoms with van der Waals surface area (Å²) in [5.41, 5.74) is 1.32. The van der Waals surface area contributed by atoms with Crippen LogP contribution in [0.1, 0.15) is 44.5 Å². The lowest BCUT2D eigenvalue weighted by atomic mass is 9.95. The van der Waals surface area contributed by atoms with E-state index >= 15 is 0 Å².